The largest absolute Gasteiger partial charge is 0.497 e. The van der Waals surface area contributed by atoms with Crippen LogP contribution in [0.25, 0.3) is 10.9 Å². The molecule has 0 fully saturated rings. The molecule has 0 saturated carbocycles. The summed E-state index contributed by atoms with van der Waals surface area (Å²) in [5.74, 6) is -2.76. The van der Waals surface area contributed by atoms with E-state index in [4.69, 9.17) is 20.3 Å². The Kier molecular flexibility index (Phi) is 5.81. The number of carboxylic acids is 1. The van der Waals surface area contributed by atoms with Crippen LogP contribution in [0, 0.1) is 6.92 Å². The zero-order valence-electron chi connectivity index (χ0n) is 16.2. The Morgan fingerprint density at radius 3 is 2.43 bits per heavy atom. The number of hydrogen-bond donors (Lipinski definition) is 2. The number of fused-ring (bicyclic) bond motifs is 1. The van der Waals surface area contributed by atoms with Crippen molar-refractivity contribution in [2.24, 2.45) is 5.73 Å². The molecule has 0 bridgehead atoms. The molecule has 3 aromatic rings. The summed E-state index contributed by atoms with van der Waals surface area (Å²) in [5.41, 5.74) is 7.06. The van der Waals surface area contributed by atoms with Crippen LogP contribution in [-0.4, -0.2) is 42.8 Å². The average Bonchev–Trinajstić information content (AvgIpc) is 2.99. The van der Waals surface area contributed by atoms with Gasteiger partial charge in [-0.3, -0.25) is 5.73 Å². The molecule has 30 heavy (non-hydrogen) atoms. The van der Waals surface area contributed by atoms with Crippen LogP contribution < -0.4 is 10.5 Å². The fourth-order valence-corrected chi connectivity index (χ4v) is 4.86. The van der Waals surface area contributed by atoms with Gasteiger partial charge >= 0.3 is 11.9 Å². The van der Waals surface area contributed by atoms with Crippen molar-refractivity contribution in [3.63, 3.8) is 0 Å². The summed E-state index contributed by atoms with van der Waals surface area (Å²) in [6, 6.07) is 12.8. The second kappa shape index (κ2) is 8.17. The number of hydrogen-bond acceptors (Lipinski definition) is 7. The predicted octanol–water partition coefficient (Wildman–Crippen LogP) is 1.65. The van der Waals surface area contributed by atoms with E-state index in [1.807, 2.05) is 0 Å². The van der Waals surface area contributed by atoms with E-state index in [0.29, 0.717) is 27.9 Å². The minimum absolute atomic E-state index is 0.0914. The van der Waals surface area contributed by atoms with Gasteiger partial charge in [0.25, 0.3) is 10.0 Å². The average molecular weight is 432 g/mol. The highest BCUT2D eigenvalue weighted by atomic mass is 32.2. The number of nitrogens with two attached hydrogens (primary N) is 1. The van der Waals surface area contributed by atoms with Gasteiger partial charge in [-0.2, -0.15) is 0 Å². The van der Waals surface area contributed by atoms with Gasteiger partial charge in [0.2, 0.25) is 0 Å². The number of benzene rings is 2. The first kappa shape index (κ1) is 21.3. The van der Waals surface area contributed by atoms with E-state index in [-0.39, 0.29) is 11.3 Å². The van der Waals surface area contributed by atoms with Crippen LogP contribution in [0.2, 0.25) is 0 Å². The van der Waals surface area contributed by atoms with Crippen molar-refractivity contribution in [3.8, 4) is 5.75 Å². The van der Waals surface area contributed by atoms with Crippen LogP contribution in [0.4, 0.5) is 0 Å². The molecular weight excluding hydrogens is 412 g/mol. The fourth-order valence-electron chi connectivity index (χ4n) is 3.26. The first-order chi connectivity index (χ1) is 14.2. The third kappa shape index (κ3) is 3.87. The van der Waals surface area contributed by atoms with Gasteiger partial charge < -0.3 is 14.6 Å². The molecule has 158 valence electrons. The number of methoxy groups -OCH3 is 1. The number of carbonyl (C=O) groups excluding carboxylic acids is 1. The lowest BCUT2D eigenvalue weighted by Crippen LogP contribution is -2.32. The number of carboxylic acid groups (broad SMARTS) is 1. The molecule has 0 amide bonds. The smallest absolute Gasteiger partial charge is 0.418 e. The molecule has 3 N–H and O–H groups in total. The molecule has 1 aromatic heterocycles. The van der Waals surface area contributed by atoms with Crippen LogP contribution in [0.1, 0.15) is 11.3 Å². The van der Waals surface area contributed by atoms with Crippen LogP contribution in [-0.2, 0) is 30.8 Å². The van der Waals surface area contributed by atoms with Crippen molar-refractivity contribution in [3.05, 3.63) is 59.8 Å². The third-order valence-corrected chi connectivity index (χ3v) is 6.43. The van der Waals surface area contributed by atoms with Gasteiger partial charge in [-0.05, 0) is 42.8 Å². The molecule has 0 radical (unpaired) electrons. The maximum Gasteiger partial charge on any atom is 0.418 e. The number of aliphatic carboxylic acids is 1. The van der Waals surface area contributed by atoms with E-state index < -0.39 is 28.2 Å². The Labute approximate surface area is 172 Å². The molecule has 1 heterocycles. The molecule has 0 aliphatic carbocycles. The minimum atomic E-state index is -3.93. The van der Waals surface area contributed by atoms with Crippen LogP contribution >= 0.6 is 0 Å². The molecule has 1 unspecified atom stereocenters. The Balaban J connectivity index is 2.17. The van der Waals surface area contributed by atoms with Gasteiger partial charge in [0, 0.05) is 17.5 Å². The fraction of sp³-hybridized carbons (Fsp3) is 0.200. The SMILES string of the molecule is COc1ccc2c(c1)c(CC(N)OC(=O)C(=O)O)c(C)n2S(=O)(=O)c1ccccc1. The zero-order valence-corrected chi connectivity index (χ0v) is 17.0. The lowest BCUT2D eigenvalue weighted by atomic mass is 10.1. The standard InChI is InChI=1S/C20H20N2O7S/c1-12-15(11-18(21)29-20(25)19(23)24)16-10-13(28-2)8-9-17(16)22(12)30(26,27)14-6-4-3-5-7-14/h3-10,18H,11,21H2,1-2H3,(H,23,24). The van der Waals surface area contributed by atoms with Crippen molar-refractivity contribution in [1.82, 2.24) is 3.97 Å². The number of esters is 1. The lowest BCUT2D eigenvalue weighted by molar-refractivity contribution is -0.167. The monoisotopic (exact) mass is 432 g/mol. The van der Waals surface area contributed by atoms with Gasteiger partial charge in [-0.15, -0.1) is 0 Å². The maximum atomic E-state index is 13.3. The molecule has 1 atom stereocenters. The first-order valence-electron chi connectivity index (χ1n) is 8.85. The molecular formula is C20H20N2O7S. The van der Waals surface area contributed by atoms with Crippen molar-refractivity contribution >= 4 is 32.9 Å². The lowest BCUT2D eigenvalue weighted by Gasteiger charge is -2.13. The highest BCUT2D eigenvalue weighted by Gasteiger charge is 2.27. The van der Waals surface area contributed by atoms with E-state index in [2.05, 4.69) is 0 Å². The number of aromatic nitrogens is 1. The van der Waals surface area contributed by atoms with E-state index >= 15 is 0 Å². The molecule has 2 aromatic carbocycles. The second-order valence-corrected chi connectivity index (χ2v) is 8.27. The molecule has 0 saturated heterocycles. The summed E-state index contributed by atoms with van der Waals surface area (Å²) >= 11 is 0. The highest BCUT2D eigenvalue weighted by Crippen LogP contribution is 2.33. The van der Waals surface area contributed by atoms with Crippen molar-refractivity contribution in [2.75, 3.05) is 7.11 Å². The zero-order chi connectivity index (χ0) is 22.1. The summed E-state index contributed by atoms with van der Waals surface area (Å²) in [6.45, 7) is 1.61. The highest BCUT2D eigenvalue weighted by molar-refractivity contribution is 7.90. The molecule has 0 spiro atoms. The summed E-state index contributed by atoms with van der Waals surface area (Å²) in [6.07, 6.45) is -1.37. The molecule has 0 aliphatic rings. The number of carbonyl (C=O) groups is 2. The van der Waals surface area contributed by atoms with E-state index in [0.717, 1.165) is 0 Å². The Bertz CT molecular complexity index is 1220. The van der Waals surface area contributed by atoms with E-state index in [1.165, 1.54) is 23.2 Å². The number of nitrogens with zero attached hydrogens (tertiary/aromatic N) is 1. The van der Waals surface area contributed by atoms with E-state index in [9.17, 15) is 18.0 Å². The van der Waals surface area contributed by atoms with Crippen molar-refractivity contribution in [2.45, 2.75) is 24.5 Å². The molecule has 9 nitrogen and oxygen atoms in total. The second-order valence-electron chi connectivity index (χ2n) is 6.48. The summed E-state index contributed by atoms with van der Waals surface area (Å²) in [7, 11) is -2.46. The Morgan fingerprint density at radius 2 is 1.83 bits per heavy atom. The molecule has 0 aliphatic heterocycles. The number of ether oxygens (including phenoxy) is 2. The summed E-state index contributed by atoms with van der Waals surface area (Å²) in [5, 5.41) is 9.23. The number of rotatable bonds is 6. The van der Waals surface area contributed by atoms with Gasteiger partial charge in [0.15, 0.2) is 6.23 Å². The van der Waals surface area contributed by atoms with Crippen molar-refractivity contribution in [1.29, 1.82) is 0 Å². The van der Waals surface area contributed by atoms with Crippen LogP contribution in [0.3, 0.4) is 0 Å². The van der Waals surface area contributed by atoms with Crippen LogP contribution in [0.5, 0.6) is 5.75 Å². The molecule has 10 heteroatoms. The maximum absolute atomic E-state index is 13.3. The first-order valence-corrected chi connectivity index (χ1v) is 10.3. The quantitative estimate of drug-likeness (QED) is 0.341. The molecule has 3 rings (SSSR count). The summed E-state index contributed by atoms with van der Waals surface area (Å²) < 4.78 is 37.8. The normalized spacial score (nSPS) is 12.5. The van der Waals surface area contributed by atoms with Gasteiger partial charge in [0.1, 0.15) is 5.75 Å². The van der Waals surface area contributed by atoms with Gasteiger partial charge in [-0.1, -0.05) is 18.2 Å². The summed E-state index contributed by atoms with van der Waals surface area (Å²) in [4.78, 5) is 22.1. The van der Waals surface area contributed by atoms with Crippen molar-refractivity contribution < 1.29 is 32.6 Å². The topological polar surface area (TPSA) is 138 Å². The van der Waals surface area contributed by atoms with Gasteiger partial charge in [-0.25, -0.2) is 22.0 Å². The Hall–Kier alpha value is -3.37. The third-order valence-electron chi connectivity index (χ3n) is 4.61. The predicted molar refractivity (Wildman–Crippen MR) is 108 cm³/mol. The van der Waals surface area contributed by atoms with E-state index in [1.54, 1.807) is 43.3 Å². The van der Waals surface area contributed by atoms with Gasteiger partial charge in [0.05, 0.1) is 17.5 Å². The minimum Gasteiger partial charge on any atom is -0.497 e. The van der Waals surface area contributed by atoms with Crippen LogP contribution in [0.15, 0.2) is 53.4 Å². The Morgan fingerprint density at radius 1 is 1.17 bits per heavy atom.